The van der Waals surface area contributed by atoms with Crippen molar-refractivity contribution >= 4 is 6.09 Å². The second kappa shape index (κ2) is 7.09. The van der Waals surface area contributed by atoms with Gasteiger partial charge in [0, 0.05) is 31.5 Å². The molecule has 0 bridgehead atoms. The van der Waals surface area contributed by atoms with Crippen LogP contribution < -0.4 is 5.32 Å². The summed E-state index contributed by atoms with van der Waals surface area (Å²) >= 11 is 0. The van der Waals surface area contributed by atoms with Crippen LogP contribution in [0.25, 0.3) is 0 Å². The molecule has 1 aliphatic rings. The molecule has 2 heterocycles. The van der Waals surface area contributed by atoms with E-state index in [-0.39, 0.29) is 12.1 Å². The third kappa shape index (κ3) is 4.44. The summed E-state index contributed by atoms with van der Waals surface area (Å²) in [5.41, 5.74) is 0.736. The first-order chi connectivity index (χ1) is 10.4. The molecule has 2 rings (SSSR count). The van der Waals surface area contributed by atoms with Gasteiger partial charge < -0.3 is 15.0 Å². The standard InChI is InChI=1S/C17H27N3O2/c1-5-19-15(13-7-6-9-18-11-13)14-8-10-20(12-14)16(21)22-17(2,3)4/h6-7,9,11,14-15,19H,5,8,10,12H2,1-4H3. The predicted octanol–water partition coefficient (Wildman–Crippen LogP) is 2.99. The van der Waals surface area contributed by atoms with Crippen molar-refractivity contribution in [2.45, 2.75) is 45.8 Å². The second-order valence-electron chi connectivity index (χ2n) is 6.80. The number of carbonyl (C=O) groups is 1. The number of hydrogen-bond acceptors (Lipinski definition) is 4. The molecular formula is C17H27N3O2. The van der Waals surface area contributed by atoms with Crippen molar-refractivity contribution in [1.29, 1.82) is 0 Å². The number of ether oxygens (including phenoxy) is 1. The van der Waals surface area contributed by atoms with E-state index in [2.05, 4.69) is 23.3 Å². The molecular weight excluding hydrogens is 278 g/mol. The molecule has 5 nitrogen and oxygen atoms in total. The van der Waals surface area contributed by atoms with Crippen molar-refractivity contribution in [2.24, 2.45) is 5.92 Å². The summed E-state index contributed by atoms with van der Waals surface area (Å²) in [5.74, 6) is 0.386. The van der Waals surface area contributed by atoms with Gasteiger partial charge in [-0.05, 0) is 51.3 Å². The van der Waals surface area contributed by atoms with Crippen molar-refractivity contribution in [3.8, 4) is 0 Å². The van der Waals surface area contributed by atoms with E-state index in [0.717, 1.165) is 26.1 Å². The number of nitrogens with zero attached hydrogens (tertiary/aromatic N) is 2. The van der Waals surface area contributed by atoms with Crippen molar-refractivity contribution in [1.82, 2.24) is 15.2 Å². The van der Waals surface area contributed by atoms with Crippen LogP contribution in [0.15, 0.2) is 24.5 Å². The molecule has 5 heteroatoms. The van der Waals surface area contributed by atoms with Crippen LogP contribution in [0.2, 0.25) is 0 Å². The SMILES string of the molecule is CCNC(c1cccnc1)C1CCN(C(=O)OC(C)(C)C)C1. The molecule has 0 spiro atoms. The number of hydrogen-bond donors (Lipinski definition) is 1. The van der Waals surface area contributed by atoms with Crippen molar-refractivity contribution in [2.75, 3.05) is 19.6 Å². The molecule has 2 unspecified atom stereocenters. The molecule has 1 aromatic rings. The quantitative estimate of drug-likeness (QED) is 0.929. The monoisotopic (exact) mass is 305 g/mol. The highest BCUT2D eigenvalue weighted by atomic mass is 16.6. The molecule has 0 saturated carbocycles. The maximum atomic E-state index is 12.2. The van der Waals surface area contributed by atoms with Gasteiger partial charge in [0.1, 0.15) is 5.60 Å². The molecule has 1 amide bonds. The third-order valence-corrected chi connectivity index (χ3v) is 3.82. The Morgan fingerprint density at radius 3 is 2.91 bits per heavy atom. The van der Waals surface area contributed by atoms with E-state index < -0.39 is 5.60 Å². The number of likely N-dealkylation sites (tertiary alicyclic amines) is 1. The van der Waals surface area contributed by atoms with E-state index in [0.29, 0.717) is 5.92 Å². The second-order valence-corrected chi connectivity index (χ2v) is 6.80. The van der Waals surface area contributed by atoms with Crippen molar-refractivity contribution in [3.63, 3.8) is 0 Å². The molecule has 22 heavy (non-hydrogen) atoms. The molecule has 122 valence electrons. The van der Waals surface area contributed by atoms with E-state index in [1.165, 1.54) is 5.56 Å². The third-order valence-electron chi connectivity index (χ3n) is 3.82. The number of pyridine rings is 1. The normalized spacial score (nSPS) is 20.0. The summed E-state index contributed by atoms with van der Waals surface area (Å²) in [6.45, 7) is 10.2. The average Bonchev–Trinajstić information content (AvgIpc) is 2.93. The highest BCUT2D eigenvalue weighted by Gasteiger charge is 2.34. The maximum Gasteiger partial charge on any atom is 0.410 e. The van der Waals surface area contributed by atoms with Crippen LogP contribution in [0, 0.1) is 5.92 Å². The summed E-state index contributed by atoms with van der Waals surface area (Å²) in [5, 5.41) is 3.53. The average molecular weight is 305 g/mol. The van der Waals surface area contributed by atoms with Crippen LogP contribution in [-0.2, 0) is 4.74 Å². The van der Waals surface area contributed by atoms with E-state index in [1.807, 2.05) is 37.9 Å². The fraction of sp³-hybridized carbons (Fsp3) is 0.647. The lowest BCUT2D eigenvalue weighted by molar-refractivity contribution is 0.0285. The van der Waals surface area contributed by atoms with Crippen molar-refractivity contribution in [3.05, 3.63) is 30.1 Å². The van der Waals surface area contributed by atoms with Gasteiger partial charge in [0.2, 0.25) is 0 Å². The number of rotatable bonds is 4. The van der Waals surface area contributed by atoms with E-state index in [4.69, 9.17) is 4.74 Å². The van der Waals surface area contributed by atoms with Crippen LogP contribution in [-0.4, -0.2) is 41.2 Å². The van der Waals surface area contributed by atoms with Crippen LogP contribution in [0.5, 0.6) is 0 Å². The zero-order valence-electron chi connectivity index (χ0n) is 14.0. The fourth-order valence-corrected chi connectivity index (χ4v) is 2.89. The van der Waals surface area contributed by atoms with Crippen LogP contribution in [0.4, 0.5) is 4.79 Å². The first kappa shape index (κ1) is 16.7. The Hall–Kier alpha value is -1.62. The summed E-state index contributed by atoms with van der Waals surface area (Å²) in [7, 11) is 0. The minimum Gasteiger partial charge on any atom is -0.444 e. The number of aromatic nitrogens is 1. The maximum absolute atomic E-state index is 12.2. The van der Waals surface area contributed by atoms with E-state index >= 15 is 0 Å². The van der Waals surface area contributed by atoms with Gasteiger partial charge in [-0.3, -0.25) is 4.98 Å². The van der Waals surface area contributed by atoms with Gasteiger partial charge in [-0.2, -0.15) is 0 Å². The molecule has 1 aromatic heterocycles. The zero-order valence-corrected chi connectivity index (χ0v) is 14.0. The number of amides is 1. The minimum atomic E-state index is -0.445. The Morgan fingerprint density at radius 1 is 1.55 bits per heavy atom. The summed E-state index contributed by atoms with van der Waals surface area (Å²) < 4.78 is 5.47. The Balaban J connectivity index is 2.02. The predicted molar refractivity (Wildman–Crippen MR) is 86.6 cm³/mol. The Morgan fingerprint density at radius 2 is 2.32 bits per heavy atom. The van der Waals surface area contributed by atoms with Gasteiger partial charge in [0.25, 0.3) is 0 Å². The van der Waals surface area contributed by atoms with E-state index in [9.17, 15) is 4.79 Å². The van der Waals surface area contributed by atoms with Gasteiger partial charge in [0.05, 0.1) is 0 Å². The molecule has 1 saturated heterocycles. The topological polar surface area (TPSA) is 54.5 Å². The molecule has 1 N–H and O–H groups in total. The van der Waals surface area contributed by atoms with Crippen LogP contribution in [0.1, 0.15) is 45.7 Å². The van der Waals surface area contributed by atoms with Crippen molar-refractivity contribution < 1.29 is 9.53 Å². The zero-order chi connectivity index (χ0) is 16.2. The summed E-state index contributed by atoms with van der Waals surface area (Å²) in [6.07, 6.45) is 4.46. The lowest BCUT2D eigenvalue weighted by Gasteiger charge is -2.26. The molecule has 0 aromatic carbocycles. The summed E-state index contributed by atoms with van der Waals surface area (Å²) in [6, 6.07) is 4.28. The Kier molecular flexibility index (Phi) is 5.40. The van der Waals surface area contributed by atoms with Gasteiger partial charge in [-0.25, -0.2) is 4.79 Å². The number of carbonyl (C=O) groups excluding carboxylic acids is 1. The Bertz CT molecular complexity index is 484. The smallest absolute Gasteiger partial charge is 0.410 e. The Labute approximate surface area is 133 Å². The highest BCUT2D eigenvalue weighted by Crippen LogP contribution is 2.30. The molecule has 0 radical (unpaired) electrons. The molecule has 1 aliphatic heterocycles. The largest absolute Gasteiger partial charge is 0.444 e. The lowest BCUT2D eigenvalue weighted by atomic mass is 9.93. The van der Waals surface area contributed by atoms with Gasteiger partial charge in [-0.1, -0.05) is 13.0 Å². The van der Waals surface area contributed by atoms with Crippen LogP contribution >= 0.6 is 0 Å². The first-order valence-electron chi connectivity index (χ1n) is 8.02. The van der Waals surface area contributed by atoms with Crippen LogP contribution in [0.3, 0.4) is 0 Å². The fourth-order valence-electron chi connectivity index (χ4n) is 2.89. The van der Waals surface area contributed by atoms with E-state index in [1.54, 1.807) is 6.20 Å². The molecule has 1 fully saturated rings. The molecule has 2 atom stereocenters. The van der Waals surface area contributed by atoms with Gasteiger partial charge >= 0.3 is 6.09 Å². The molecule has 0 aliphatic carbocycles. The highest BCUT2D eigenvalue weighted by molar-refractivity contribution is 5.68. The minimum absolute atomic E-state index is 0.212. The van der Waals surface area contributed by atoms with Gasteiger partial charge in [-0.15, -0.1) is 0 Å². The number of nitrogens with one attached hydrogen (secondary N) is 1. The first-order valence-corrected chi connectivity index (χ1v) is 8.02. The van der Waals surface area contributed by atoms with Gasteiger partial charge in [0.15, 0.2) is 0 Å². The lowest BCUT2D eigenvalue weighted by Crippen LogP contribution is -2.36. The summed E-state index contributed by atoms with van der Waals surface area (Å²) in [4.78, 5) is 18.2.